The van der Waals surface area contributed by atoms with Crippen LogP contribution >= 0.6 is 0 Å². The summed E-state index contributed by atoms with van der Waals surface area (Å²) in [5.41, 5.74) is 6.32. The molecule has 0 aliphatic heterocycles. The molecule has 0 saturated heterocycles. The maximum atomic E-state index is 3.18. The van der Waals surface area contributed by atoms with Crippen LogP contribution in [0.3, 0.4) is 0 Å². The highest BCUT2D eigenvalue weighted by molar-refractivity contribution is 6.35. The van der Waals surface area contributed by atoms with Gasteiger partial charge >= 0.3 is 0 Å². The molecule has 0 aliphatic carbocycles. The molecular formula is C6H17BN2. The van der Waals surface area contributed by atoms with E-state index < -0.39 is 0 Å². The molecule has 0 aromatic carbocycles. The van der Waals surface area contributed by atoms with Crippen molar-refractivity contribution in [2.75, 3.05) is 6.54 Å². The van der Waals surface area contributed by atoms with Crippen molar-refractivity contribution in [1.29, 1.82) is 0 Å². The van der Waals surface area contributed by atoms with E-state index in [0.717, 1.165) is 6.54 Å². The third-order valence-electron chi connectivity index (χ3n) is 1.34. The Morgan fingerprint density at radius 1 is 1.56 bits per heavy atom. The first-order valence-corrected chi connectivity index (χ1v) is 3.79. The summed E-state index contributed by atoms with van der Waals surface area (Å²) in [6.45, 7) is 7.56. The second-order valence-electron chi connectivity index (χ2n) is 2.38. The lowest BCUT2D eigenvalue weighted by molar-refractivity contribution is 0.520. The Bertz CT molecular complexity index is 59.0. The monoisotopic (exact) mass is 128 g/mol. The van der Waals surface area contributed by atoms with Crippen molar-refractivity contribution in [2.24, 2.45) is 0 Å². The lowest BCUT2D eigenvalue weighted by Gasteiger charge is -2.10. The fourth-order valence-electron chi connectivity index (χ4n) is 0.473. The molecule has 0 bridgehead atoms. The molecule has 1 atom stereocenters. The third kappa shape index (κ3) is 5.86. The van der Waals surface area contributed by atoms with Gasteiger partial charge in [-0.15, -0.1) is 0 Å². The summed E-state index contributed by atoms with van der Waals surface area (Å²) in [6.07, 6.45) is 1.18. The van der Waals surface area contributed by atoms with E-state index in [1.54, 1.807) is 0 Å². The number of hydrogen-bond acceptors (Lipinski definition) is 2. The minimum Gasteiger partial charge on any atom is -0.263 e. The van der Waals surface area contributed by atoms with Gasteiger partial charge in [0.2, 0.25) is 0 Å². The second-order valence-corrected chi connectivity index (χ2v) is 2.38. The van der Waals surface area contributed by atoms with Crippen molar-refractivity contribution in [3.63, 3.8) is 0 Å². The first-order chi connectivity index (χ1) is 4.31. The molecule has 0 fully saturated rings. The lowest BCUT2D eigenvalue weighted by Crippen LogP contribution is -2.41. The van der Waals surface area contributed by atoms with E-state index in [4.69, 9.17) is 0 Å². The number of nitrogens with one attached hydrogen (secondary N) is 2. The molecule has 2 nitrogen and oxygen atoms in total. The van der Waals surface area contributed by atoms with Crippen molar-refractivity contribution < 1.29 is 0 Å². The zero-order valence-corrected chi connectivity index (χ0v) is 6.70. The molecular weight excluding hydrogens is 111 g/mol. The van der Waals surface area contributed by atoms with Gasteiger partial charge in [-0.2, -0.15) is 0 Å². The number of hydrogen-bond donors (Lipinski definition) is 2. The molecule has 2 N–H and O–H groups in total. The zero-order valence-electron chi connectivity index (χ0n) is 6.70. The Hall–Kier alpha value is -0.0151. The van der Waals surface area contributed by atoms with E-state index in [1.165, 1.54) is 13.7 Å². The predicted molar refractivity (Wildman–Crippen MR) is 43.9 cm³/mol. The Morgan fingerprint density at radius 2 is 2.22 bits per heavy atom. The van der Waals surface area contributed by atoms with Crippen LogP contribution in [-0.4, -0.2) is 19.8 Å². The van der Waals surface area contributed by atoms with Crippen molar-refractivity contribution >= 4 is 7.28 Å². The van der Waals surface area contributed by atoms with Gasteiger partial charge in [-0.05, 0) is 12.4 Å². The summed E-state index contributed by atoms with van der Waals surface area (Å²) in [6, 6.07) is 0. The van der Waals surface area contributed by atoms with E-state index in [2.05, 4.69) is 31.5 Å². The zero-order chi connectivity index (χ0) is 7.11. The Labute approximate surface area is 58.6 Å². The molecule has 0 aliphatic rings. The fraction of sp³-hybridized carbons (Fsp3) is 1.00. The van der Waals surface area contributed by atoms with Gasteiger partial charge in [0.1, 0.15) is 7.28 Å². The molecule has 0 radical (unpaired) electrons. The fourth-order valence-corrected chi connectivity index (χ4v) is 0.473. The summed E-state index contributed by atoms with van der Waals surface area (Å²) in [7, 11) is 1.18. The SMILES string of the molecule is CBC(C)NNCCC. The molecule has 0 rings (SSSR count). The standard InChI is InChI=1S/C6H17BN2/c1-4-5-8-9-6(2)7-3/h6-9H,4-5H2,1-3H3. The van der Waals surface area contributed by atoms with Gasteiger partial charge in [-0.1, -0.05) is 20.7 Å². The summed E-state index contributed by atoms with van der Waals surface area (Å²) in [4.78, 5) is 0. The van der Waals surface area contributed by atoms with Crippen LogP contribution in [0.25, 0.3) is 0 Å². The molecule has 0 spiro atoms. The van der Waals surface area contributed by atoms with Crippen molar-refractivity contribution in [1.82, 2.24) is 10.9 Å². The van der Waals surface area contributed by atoms with Gasteiger partial charge in [0.15, 0.2) is 0 Å². The maximum Gasteiger partial charge on any atom is 0.140 e. The quantitative estimate of drug-likeness (QED) is 0.316. The Balaban J connectivity index is 2.88. The van der Waals surface area contributed by atoms with Crippen LogP contribution in [-0.2, 0) is 0 Å². The van der Waals surface area contributed by atoms with E-state index in [1.807, 2.05) is 0 Å². The average molecular weight is 128 g/mol. The molecule has 54 valence electrons. The van der Waals surface area contributed by atoms with Gasteiger partial charge in [0.05, 0.1) is 0 Å². The van der Waals surface area contributed by atoms with Crippen LogP contribution in [0.5, 0.6) is 0 Å². The van der Waals surface area contributed by atoms with E-state index in [-0.39, 0.29) is 0 Å². The normalized spacial score (nSPS) is 13.2. The molecule has 1 unspecified atom stereocenters. The van der Waals surface area contributed by atoms with Crippen molar-refractivity contribution in [2.45, 2.75) is 33.0 Å². The van der Waals surface area contributed by atoms with Crippen molar-refractivity contribution in [3.05, 3.63) is 0 Å². The molecule has 0 amide bonds. The van der Waals surface area contributed by atoms with Crippen molar-refractivity contribution in [3.8, 4) is 0 Å². The Kier molecular flexibility index (Phi) is 6.10. The van der Waals surface area contributed by atoms with Crippen LogP contribution in [0.15, 0.2) is 0 Å². The third-order valence-corrected chi connectivity index (χ3v) is 1.34. The summed E-state index contributed by atoms with van der Waals surface area (Å²) >= 11 is 0. The smallest absolute Gasteiger partial charge is 0.140 e. The first-order valence-electron chi connectivity index (χ1n) is 3.79. The largest absolute Gasteiger partial charge is 0.263 e. The van der Waals surface area contributed by atoms with E-state index in [9.17, 15) is 0 Å². The first kappa shape index (κ1) is 8.98. The van der Waals surface area contributed by atoms with Gasteiger partial charge in [0, 0.05) is 6.54 Å². The molecule has 0 saturated carbocycles. The predicted octanol–water partition coefficient (Wildman–Crippen LogP) is 0.321. The molecule has 3 heteroatoms. The van der Waals surface area contributed by atoms with E-state index in [0.29, 0.717) is 5.94 Å². The van der Waals surface area contributed by atoms with Crippen LogP contribution in [0.1, 0.15) is 20.3 Å². The number of rotatable bonds is 5. The van der Waals surface area contributed by atoms with Gasteiger partial charge in [-0.3, -0.25) is 10.9 Å². The highest BCUT2D eigenvalue weighted by Gasteiger charge is 1.94. The molecule has 0 aromatic heterocycles. The van der Waals surface area contributed by atoms with Gasteiger partial charge < -0.3 is 0 Å². The van der Waals surface area contributed by atoms with Crippen LogP contribution in [0.4, 0.5) is 0 Å². The van der Waals surface area contributed by atoms with Crippen LogP contribution in [0, 0.1) is 0 Å². The average Bonchev–Trinajstić information content (AvgIpc) is 1.89. The maximum absolute atomic E-state index is 3.18. The van der Waals surface area contributed by atoms with E-state index >= 15 is 0 Å². The molecule has 0 aromatic rings. The minimum atomic E-state index is 0.594. The van der Waals surface area contributed by atoms with Gasteiger partial charge in [0.25, 0.3) is 0 Å². The second kappa shape index (κ2) is 6.11. The summed E-state index contributed by atoms with van der Waals surface area (Å²) in [5, 5.41) is 0. The minimum absolute atomic E-state index is 0.594. The lowest BCUT2D eigenvalue weighted by atomic mass is 9.74. The van der Waals surface area contributed by atoms with Crippen LogP contribution in [0.2, 0.25) is 6.82 Å². The molecule has 9 heavy (non-hydrogen) atoms. The highest BCUT2D eigenvalue weighted by atomic mass is 15.4. The molecule has 0 heterocycles. The Morgan fingerprint density at radius 3 is 2.67 bits per heavy atom. The highest BCUT2D eigenvalue weighted by Crippen LogP contribution is 1.73. The topological polar surface area (TPSA) is 24.1 Å². The summed E-state index contributed by atoms with van der Waals surface area (Å²) in [5.74, 6) is 0.594. The van der Waals surface area contributed by atoms with Gasteiger partial charge in [-0.25, -0.2) is 0 Å². The summed E-state index contributed by atoms with van der Waals surface area (Å²) < 4.78 is 0. The number of hydrazine groups is 1. The van der Waals surface area contributed by atoms with Crippen LogP contribution < -0.4 is 10.9 Å².